The number of benzene rings is 2. The highest BCUT2D eigenvalue weighted by Crippen LogP contribution is 2.33. The standard InChI is InChI=1S/C18H14Cl2O6/c1-8-3-4-9(16(21)22)11(14(8)17(23)24)7-12-13(19)6-5-10(15(12)20)18(25)26-2/h3-6H,7H2,1-2H3,(H,21,22)(H,23,24). The van der Waals surface area contributed by atoms with Gasteiger partial charge in [0, 0.05) is 11.4 Å². The molecule has 0 amide bonds. The van der Waals surface area contributed by atoms with Crippen molar-refractivity contribution < 1.29 is 29.3 Å². The van der Waals surface area contributed by atoms with Gasteiger partial charge >= 0.3 is 17.9 Å². The number of carbonyl (C=O) groups is 3. The van der Waals surface area contributed by atoms with Gasteiger partial charge in [0.15, 0.2) is 0 Å². The maximum Gasteiger partial charge on any atom is 0.339 e. The molecule has 0 fully saturated rings. The molecule has 2 aromatic carbocycles. The summed E-state index contributed by atoms with van der Waals surface area (Å²) < 4.78 is 4.65. The molecule has 2 N–H and O–H groups in total. The van der Waals surface area contributed by atoms with E-state index >= 15 is 0 Å². The zero-order valence-corrected chi connectivity index (χ0v) is 15.3. The first-order valence-electron chi connectivity index (χ1n) is 7.33. The van der Waals surface area contributed by atoms with E-state index in [1.165, 1.54) is 31.4 Å². The zero-order chi connectivity index (χ0) is 19.6. The quantitative estimate of drug-likeness (QED) is 0.738. The van der Waals surface area contributed by atoms with Crippen LogP contribution in [-0.4, -0.2) is 35.2 Å². The summed E-state index contributed by atoms with van der Waals surface area (Å²) in [7, 11) is 1.19. The van der Waals surface area contributed by atoms with E-state index in [0.29, 0.717) is 5.56 Å². The van der Waals surface area contributed by atoms with E-state index in [0.717, 1.165) is 0 Å². The average molecular weight is 397 g/mol. The van der Waals surface area contributed by atoms with Crippen LogP contribution in [0.25, 0.3) is 0 Å². The molecule has 0 atom stereocenters. The summed E-state index contributed by atoms with van der Waals surface area (Å²) in [5.41, 5.74) is 0.426. The third-order valence-corrected chi connectivity index (χ3v) is 4.70. The van der Waals surface area contributed by atoms with Gasteiger partial charge in [-0.1, -0.05) is 29.3 Å². The molecule has 0 unspecified atom stereocenters. The molecule has 0 radical (unpaired) electrons. The van der Waals surface area contributed by atoms with Crippen LogP contribution in [0.5, 0.6) is 0 Å². The minimum absolute atomic E-state index is 0.0152. The molecular formula is C18H14Cl2O6. The Morgan fingerprint density at radius 2 is 1.58 bits per heavy atom. The van der Waals surface area contributed by atoms with Gasteiger partial charge in [-0.05, 0) is 41.8 Å². The van der Waals surface area contributed by atoms with Gasteiger partial charge in [0.2, 0.25) is 0 Å². The van der Waals surface area contributed by atoms with Crippen LogP contribution in [0, 0.1) is 6.92 Å². The average Bonchev–Trinajstić information content (AvgIpc) is 2.57. The molecule has 0 aromatic heterocycles. The number of aryl methyl sites for hydroxylation is 1. The third kappa shape index (κ3) is 3.66. The molecule has 6 nitrogen and oxygen atoms in total. The Morgan fingerprint density at radius 3 is 2.12 bits per heavy atom. The van der Waals surface area contributed by atoms with Crippen molar-refractivity contribution in [2.45, 2.75) is 13.3 Å². The molecule has 0 spiro atoms. The minimum atomic E-state index is -1.28. The molecule has 0 bridgehead atoms. The first-order chi connectivity index (χ1) is 12.2. The highest BCUT2D eigenvalue weighted by Gasteiger charge is 2.24. The minimum Gasteiger partial charge on any atom is -0.478 e. The molecule has 26 heavy (non-hydrogen) atoms. The van der Waals surface area contributed by atoms with Crippen LogP contribution < -0.4 is 0 Å². The molecule has 2 aromatic rings. The van der Waals surface area contributed by atoms with Crippen LogP contribution in [0.3, 0.4) is 0 Å². The molecule has 0 aliphatic heterocycles. The summed E-state index contributed by atoms with van der Waals surface area (Å²) in [5, 5.41) is 19.1. The number of carbonyl (C=O) groups excluding carboxylic acids is 1. The number of esters is 1. The van der Waals surface area contributed by atoms with Crippen molar-refractivity contribution in [3.05, 3.63) is 67.7 Å². The molecule has 0 saturated heterocycles. The maximum atomic E-state index is 11.8. The lowest BCUT2D eigenvalue weighted by Crippen LogP contribution is -2.13. The molecule has 8 heteroatoms. The number of methoxy groups -OCH3 is 1. The maximum absolute atomic E-state index is 11.8. The summed E-state index contributed by atoms with van der Waals surface area (Å²) >= 11 is 12.4. The Balaban J connectivity index is 2.73. The van der Waals surface area contributed by atoms with Crippen molar-refractivity contribution in [1.82, 2.24) is 0 Å². The largest absolute Gasteiger partial charge is 0.478 e. The summed E-state index contributed by atoms with van der Waals surface area (Å²) in [6, 6.07) is 5.55. The molecular weight excluding hydrogens is 383 g/mol. The normalized spacial score (nSPS) is 10.5. The lowest BCUT2D eigenvalue weighted by Gasteiger charge is -2.15. The number of carboxylic acids is 2. The second-order valence-electron chi connectivity index (χ2n) is 5.45. The number of hydrogen-bond acceptors (Lipinski definition) is 4. The van der Waals surface area contributed by atoms with Crippen molar-refractivity contribution in [2.75, 3.05) is 7.11 Å². The molecule has 2 rings (SSSR count). The molecule has 136 valence electrons. The predicted molar refractivity (Wildman–Crippen MR) is 95.7 cm³/mol. The molecule has 0 saturated carbocycles. The van der Waals surface area contributed by atoms with Crippen molar-refractivity contribution in [3.63, 3.8) is 0 Å². The van der Waals surface area contributed by atoms with Gasteiger partial charge in [-0.25, -0.2) is 14.4 Å². The number of rotatable bonds is 5. The number of hydrogen-bond donors (Lipinski definition) is 2. The van der Waals surface area contributed by atoms with Gasteiger partial charge < -0.3 is 14.9 Å². The zero-order valence-electron chi connectivity index (χ0n) is 13.8. The fourth-order valence-electron chi connectivity index (χ4n) is 2.65. The second kappa shape index (κ2) is 7.76. The lowest BCUT2D eigenvalue weighted by atomic mass is 9.91. The van der Waals surface area contributed by atoms with Gasteiger partial charge in [0.25, 0.3) is 0 Å². The van der Waals surface area contributed by atoms with Gasteiger partial charge in [-0.2, -0.15) is 0 Å². The Bertz CT molecular complexity index is 920. The topological polar surface area (TPSA) is 101 Å². The van der Waals surface area contributed by atoms with Crippen molar-refractivity contribution in [2.24, 2.45) is 0 Å². The Labute approximate surface area is 158 Å². The van der Waals surface area contributed by atoms with Crippen LogP contribution in [0.4, 0.5) is 0 Å². The fourth-order valence-corrected chi connectivity index (χ4v) is 3.23. The molecule has 0 aliphatic carbocycles. The number of ether oxygens (including phenoxy) is 1. The number of halogens is 2. The van der Waals surface area contributed by atoms with E-state index in [2.05, 4.69) is 4.74 Å². The predicted octanol–water partition coefficient (Wildman–Crippen LogP) is 4.08. The van der Waals surface area contributed by atoms with Gasteiger partial charge in [-0.15, -0.1) is 0 Å². The monoisotopic (exact) mass is 396 g/mol. The highest BCUT2D eigenvalue weighted by molar-refractivity contribution is 6.38. The van der Waals surface area contributed by atoms with E-state index in [1.54, 1.807) is 6.92 Å². The van der Waals surface area contributed by atoms with Crippen molar-refractivity contribution >= 4 is 41.1 Å². The number of carboxylic acid groups (broad SMARTS) is 2. The van der Waals surface area contributed by atoms with E-state index in [9.17, 15) is 24.6 Å². The summed E-state index contributed by atoms with van der Waals surface area (Å²) in [4.78, 5) is 35.0. The van der Waals surface area contributed by atoms with Crippen molar-refractivity contribution in [1.29, 1.82) is 0 Å². The number of aromatic carboxylic acids is 2. The Hall–Kier alpha value is -2.57. The molecule has 0 heterocycles. The smallest absolute Gasteiger partial charge is 0.339 e. The van der Waals surface area contributed by atoms with E-state index in [4.69, 9.17) is 23.2 Å². The summed E-state index contributed by atoms with van der Waals surface area (Å²) in [6.07, 6.45) is -0.173. The lowest BCUT2D eigenvalue weighted by molar-refractivity contribution is 0.0598. The van der Waals surface area contributed by atoms with Gasteiger partial charge in [0.1, 0.15) is 0 Å². The van der Waals surface area contributed by atoms with E-state index in [-0.39, 0.29) is 44.3 Å². The van der Waals surface area contributed by atoms with Crippen LogP contribution in [0.15, 0.2) is 24.3 Å². The van der Waals surface area contributed by atoms with E-state index in [1.807, 2.05) is 0 Å². The second-order valence-corrected chi connectivity index (χ2v) is 6.23. The third-order valence-electron chi connectivity index (χ3n) is 3.91. The molecule has 0 aliphatic rings. The van der Waals surface area contributed by atoms with Crippen LogP contribution in [0.2, 0.25) is 10.0 Å². The Morgan fingerprint density at radius 1 is 0.962 bits per heavy atom. The Kier molecular flexibility index (Phi) is 5.90. The first-order valence-corrected chi connectivity index (χ1v) is 8.08. The van der Waals surface area contributed by atoms with Gasteiger partial charge in [-0.3, -0.25) is 0 Å². The van der Waals surface area contributed by atoms with Crippen molar-refractivity contribution in [3.8, 4) is 0 Å². The first kappa shape index (κ1) is 19.8. The van der Waals surface area contributed by atoms with Crippen LogP contribution in [0.1, 0.15) is 47.8 Å². The summed E-state index contributed by atoms with van der Waals surface area (Å²) in [5.74, 6) is -3.23. The fraction of sp³-hybridized carbons (Fsp3) is 0.167. The highest BCUT2D eigenvalue weighted by atomic mass is 35.5. The summed E-state index contributed by atoms with van der Waals surface area (Å²) in [6.45, 7) is 1.56. The van der Waals surface area contributed by atoms with E-state index < -0.39 is 17.9 Å². The van der Waals surface area contributed by atoms with Gasteiger partial charge in [0.05, 0.1) is 28.8 Å². The van der Waals surface area contributed by atoms with Crippen LogP contribution in [-0.2, 0) is 11.2 Å². The van der Waals surface area contributed by atoms with Crippen LogP contribution >= 0.6 is 23.2 Å². The SMILES string of the molecule is COC(=O)c1ccc(Cl)c(Cc2c(C(=O)O)ccc(C)c2C(=O)O)c1Cl.